The molecule has 0 aromatic heterocycles. The summed E-state index contributed by atoms with van der Waals surface area (Å²) in [5.41, 5.74) is 4.97. The number of hydrogen-bond donors (Lipinski definition) is 3. The number of benzene rings is 1. The number of non-ortho nitro benzene ring substituents is 1. The first-order valence-corrected chi connectivity index (χ1v) is 4.52. The molecule has 0 radical (unpaired) electrons. The summed E-state index contributed by atoms with van der Waals surface area (Å²) in [5, 5.41) is 22.2. The number of nitrogens with zero attached hydrogens (tertiary/aromatic N) is 1. The van der Waals surface area contributed by atoms with Crippen molar-refractivity contribution in [1.82, 2.24) is 0 Å². The Labute approximate surface area is 91.0 Å². The molecule has 1 aromatic rings. The van der Waals surface area contributed by atoms with Crippen molar-refractivity contribution in [3.8, 4) is 5.75 Å². The number of phenolic OH excluding ortho intramolecular Hbond substituents is 1. The second-order valence-corrected chi connectivity index (χ2v) is 3.05. The molecular formula is C9H11N3O4. The maximum absolute atomic E-state index is 11.2. The molecule has 0 aliphatic rings. The van der Waals surface area contributed by atoms with Gasteiger partial charge in [0.25, 0.3) is 5.69 Å². The van der Waals surface area contributed by atoms with E-state index in [0.717, 1.165) is 18.2 Å². The Hall–Kier alpha value is -2.15. The Morgan fingerprint density at radius 2 is 2.25 bits per heavy atom. The van der Waals surface area contributed by atoms with Crippen molar-refractivity contribution in [3.63, 3.8) is 0 Å². The first kappa shape index (κ1) is 11.9. The summed E-state index contributed by atoms with van der Waals surface area (Å²) in [4.78, 5) is 21.0. The monoisotopic (exact) mass is 225 g/mol. The first-order valence-electron chi connectivity index (χ1n) is 4.52. The average Bonchev–Trinajstić information content (AvgIpc) is 2.21. The number of phenols is 1. The fourth-order valence-corrected chi connectivity index (χ4v) is 1.08. The van der Waals surface area contributed by atoms with Gasteiger partial charge < -0.3 is 16.2 Å². The van der Waals surface area contributed by atoms with Crippen LogP contribution in [0, 0.1) is 10.1 Å². The number of anilines is 1. The molecule has 7 heteroatoms. The fourth-order valence-electron chi connectivity index (χ4n) is 1.08. The Kier molecular flexibility index (Phi) is 3.78. The Morgan fingerprint density at radius 1 is 1.56 bits per heavy atom. The van der Waals surface area contributed by atoms with Gasteiger partial charge in [0.2, 0.25) is 5.91 Å². The van der Waals surface area contributed by atoms with Gasteiger partial charge in [-0.15, -0.1) is 0 Å². The van der Waals surface area contributed by atoms with Crippen LogP contribution < -0.4 is 11.1 Å². The van der Waals surface area contributed by atoms with E-state index in [-0.39, 0.29) is 30.1 Å². The number of aromatic hydroxyl groups is 1. The molecule has 86 valence electrons. The van der Waals surface area contributed by atoms with E-state index in [0.29, 0.717) is 0 Å². The number of hydrogen-bond acceptors (Lipinski definition) is 5. The lowest BCUT2D eigenvalue weighted by Gasteiger charge is -2.06. The van der Waals surface area contributed by atoms with E-state index in [2.05, 4.69) is 5.32 Å². The van der Waals surface area contributed by atoms with Crippen LogP contribution in [0.5, 0.6) is 5.75 Å². The molecular weight excluding hydrogens is 214 g/mol. The van der Waals surface area contributed by atoms with Crippen molar-refractivity contribution in [2.45, 2.75) is 6.42 Å². The molecule has 1 amide bonds. The summed E-state index contributed by atoms with van der Waals surface area (Å²) in [5.74, 6) is -0.630. The van der Waals surface area contributed by atoms with Crippen LogP contribution in [0.3, 0.4) is 0 Å². The maximum atomic E-state index is 11.2. The van der Waals surface area contributed by atoms with Crippen molar-refractivity contribution in [2.24, 2.45) is 5.73 Å². The van der Waals surface area contributed by atoms with Gasteiger partial charge >= 0.3 is 0 Å². The molecule has 0 heterocycles. The van der Waals surface area contributed by atoms with E-state index in [4.69, 9.17) is 5.73 Å². The lowest BCUT2D eigenvalue weighted by atomic mass is 10.2. The van der Waals surface area contributed by atoms with Crippen molar-refractivity contribution < 1.29 is 14.8 Å². The van der Waals surface area contributed by atoms with E-state index < -0.39 is 10.8 Å². The number of nitrogens with two attached hydrogens (primary N) is 1. The summed E-state index contributed by atoms with van der Waals surface area (Å²) >= 11 is 0. The molecule has 0 saturated carbocycles. The van der Waals surface area contributed by atoms with Crippen molar-refractivity contribution in [2.75, 3.05) is 11.9 Å². The van der Waals surface area contributed by atoms with E-state index in [1.165, 1.54) is 0 Å². The number of carbonyl (C=O) groups is 1. The quantitative estimate of drug-likeness (QED) is 0.393. The second kappa shape index (κ2) is 5.08. The normalized spacial score (nSPS) is 9.81. The van der Waals surface area contributed by atoms with E-state index in [1.54, 1.807) is 0 Å². The largest absolute Gasteiger partial charge is 0.506 e. The lowest BCUT2D eigenvalue weighted by Crippen LogP contribution is -2.16. The molecule has 0 fully saturated rings. The van der Waals surface area contributed by atoms with E-state index in [9.17, 15) is 20.0 Å². The van der Waals surface area contributed by atoms with Gasteiger partial charge in [0.05, 0.1) is 10.6 Å². The number of nitrogens with one attached hydrogen (secondary N) is 1. The van der Waals surface area contributed by atoms with Gasteiger partial charge in [0, 0.05) is 25.1 Å². The maximum Gasteiger partial charge on any atom is 0.271 e. The molecule has 1 aromatic carbocycles. The van der Waals surface area contributed by atoms with Crippen LogP contribution in [0.25, 0.3) is 0 Å². The minimum Gasteiger partial charge on any atom is -0.506 e. The Balaban J connectivity index is 2.90. The molecule has 0 atom stereocenters. The van der Waals surface area contributed by atoms with Gasteiger partial charge in [-0.2, -0.15) is 0 Å². The minimum atomic E-state index is -0.613. The summed E-state index contributed by atoms with van der Waals surface area (Å²) < 4.78 is 0. The number of rotatable bonds is 4. The first-order chi connectivity index (χ1) is 7.54. The third-order valence-corrected chi connectivity index (χ3v) is 1.84. The second-order valence-electron chi connectivity index (χ2n) is 3.05. The zero-order valence-corrected chi connectivity index (χ0v) is 8.34. The predicted octanol–water partition coefficient (Wildman–Crippen LogP) is 0.588. The minimum absolute atomic E-state index is 0.00708. The summed E-state index contributed by atoms with van der Waals surface area (Å²) in [6.07, 6.45) is 0.0854. The van der Waals surface area contributed by atoms with Crippen LogP contribution in [0.15, 0.2) is 18.2 Å². The van der Waals surface area contributed by atoms with Gasteiger partial charge in [0.1, 0.15) is 5.75 Å². The smallest absolute Gasteiger partial charge is 0.271 e. The van der Waals surface area contributed by atoms with E-state index in [1.807, 2.05) is 0 Å². The highest BCUT2D eigenvalue weighted by Crippen LogP contribution is 2.27. The van der Waals surface area contributed by atoms with Crippen LogP contribution in [0.2, 0.25) is 0 Å². The van der Waals surface area contributed by atoms with E-state index >= 15 is 0 Å². The van der Waals surface area contributed by atoms with Gasteiger partial charge in [0.15, 0.2) is 0 Å². The predicted molar refractivity (Wildman–Crippen MR) is 57.1 cm³/mol. The Bertz CT molecular complexity index is 419. The molecule has 0 aliphatic carbocycles. The number of nitro benzene ring substituents is 1. The van der Waals surface area contributed by atoms with Crippen molar-refractivity contribution in [3.05, 3.63) is 28.3 Å². The highest BCUT2D eigenvalue weighted by atomic mass is 16.6. The summed E-state index contributed by atoms with van der Waals surface area (Å²) in [6, 6.07) is 3.38. The van der Waals surface area contributed by atoms with Crippen molar-refractivity contribution >= 4 is 17.3 Å². The van der Waals surface area contributed by atoms with Crippen LogP contribution >= 0.6 is 0 Å². The average molecular weight is 225 g/mol. The molecule has 0 saturated heterocycles. The molecule has 7 nitrogen and oxygen atoms in total. The molecule has 1 rings (SSSR count). The zero-order valence-electron chi connectivity index (χ0n) is 8.34. The van der Waals surface area contributed by atoms with Crippen molar-refractivity contribution in [1.29, 1.82) is 0 Å². The number of carbonyl (C=O) groups excluding carboxylic acids is 1. The highest BCUT2D eigenvalue weighted by Gasteiger charge is 2.11. The third kappa shape index (κ3) is 2.92. The third-order valence-electron chi connectivity index (χ3n) is 1.84. The molecule has 0 aliphatic heterocycles. The zero-order chi connectivity index (χ0) is 12.1. The van der Waals surface area contributed by atoms with Crippen LogP contribution in [-0.2, 0) is 4.79 Å². The molecule has 0 unspecified atom stereocenters. The lowest BCUT2D eigenvalue weighted by molar-refractivity contribution is -0.384. The fraction of sp³-hybridized carbons (Fsp3) is 0.222. The van der Waals surface area contributed by atoms with Gasteiger partial charge in [-0.3, -0.25) is 14.9 Å². The molecule has 0 spiro atoms. The summed E-state index contributed by atoms with van der Waals surface area (Å²) in [7, 11) is 0. The van der Waals surface area contributed by atoms with Gasteiger partial charge in [-0.05, 0) is 6.07 Å². The van der Waals surface area contributed by atoms with Crippen LogP contribution in [0.1, 0.15) is 6.42 Å². The standard InChI is InChI=1S/C9H11N3O4/c10-4-3-9(14)11-7-5-6(12(15)16)1-2-8(7)13/h1-2,5,13H,3-4,10H2,(H,11,14). The topological polar surface area (TPSA) is 118 Å². The van der Waals surface area contributed by atoms with Gasteiger partial charge in [-0.25, -0.2) is 0 Å². The Morgan fingerprint density at radius 3 is 2.81 bits per heavy atom. The SMILES string of the molecule is NCCC(=O)Nc1cc([N+](=O)[O-])ccc1O. The highest BCUT2D eigenvalue weighted by molar-refractivity contribution is 5.92. The molecule has 4 N–H and O–H groups in total. The van der Waals surface area contributed by atoms with Crippen LogP contribution in [-0.4, -0.2) is 22.5 Å². The van der Waals surface area contributed by atoms with Gasteiger partial charge in [-0.1, -0.05) is 0 Å². The summed E-state index contributed by atoms with van der Waals surface area (Å²) in [6.45, 7) is 0.168. The van der Waals surface area contributed by atoms with Crippen LogP contribution in [0.4, 0.5) is 11.4 Å². The number of nitro groups is 1. The molecule has 0 bridgehead atoms. The number of amides is 1. The molecule has 16 heavy (non-hydrogen) atoms.